The Morgan fingerprint density at radius 1 is 1.17 bits per heavy atom. The minimum Gasteiger partial charge on any atom is -0.348 e. The van der Waals surface area contributed by atoms with Crippen molar-refractivity contribution in [1.29, 1.82) is 0 Å². The van der Waals surface area contributed by atoms with Crippen LogP contribution in [-0.2, 0) is 6.54 Å². The van der Waals surface area contributed by atoms with E-state index in [0.717, 1.165) is 14.7 Å². The van der Waals surface area contributed by atoms with Crippen molar-refractivity contribution < 1.29 is 4.79 Å². The Bertz CT molecular complexity index is 566. The van der Waals surface area contributed by atoms with Crippen molar-refractivity contribution in [2.75, 3.05) is 0 Å². The summed E-state index contributed by atoms with van der Waals surface area (Å²) in [6.07, 6.45) is 0. The predicted octanol–water partition coefficient (Wildman–Crippen LogP) is 3.53. The van der Waals surface area contributed by atoms with Crippen LogP contribution in [0.3, 0.4) is 0 Å². The first-order chi connectivity index (χ1) is 8.66. The van der Waals surface area contributed by atoms with Crippen LogP contribution < -0.4 is 5.32 Å². The van der Waals surface area contributed by atoms with Crippen molar-refractivity contribution >= 4 is 28.5 Å². The minimum absolute atomic E-state index is 0.0264. The Hall–Kier alpha value is -1.36. The van der Waals surface area contributed by atoms with Crippen molar-refractivity contribution in [3.8, 4) is 0 Å². The molecule has 3 heteroatoms. The van der Waals surface area contributed by atoms with Gasteiger partial charge in [-0.05, 0) is 47.2 Å². The molecule has 0 radical (unpaired) electrons. The molecular formula is C15H14INO. The van der Waals surface area contributed by atoms with Gasteiger partial charge in [0.25, 0.3) is 5.91 Å². The topological polar surface area (TPSA) is 29.1 Å². The van der Waals surface area contributed by atoms with Gasteiger partial charge in [-0.25, -0.2) is 0 Å². The number of nitrogens with one attached hydrogen (secondary N) is 1. The maximum atomic E-state index is 12.0. The number of halogens is 1. The first-order valence-corrected chi connectivity index (χ1v) is 6.83. The van der Waals surface area contributed by atoms with Crippen molar-refractivity contribution in [3.63, 3.8) is 0 Å². The number of benzene rings is 2. The predicted molar refractivity (Wildman–Crippen MR) is 81.5 cm³/mol. The molecule has 0 unspecified atom stereocenters. The molecule has 0 fully saturated rings. The molecule has 92 valence electrons. The molecular weight excluding hydrogens is 337 g/mol. The lowest BCUT2D eigenvalue weighted by atomic mass is 10.1. The zero-order valence-electron chi connectivity index (χ0n) is 10.1. The van der Waals surface area contributed by atoms with Crippen LogP contribution in [0.5, 0.6) is 0 Å². The highest BCUT2D eigenvalue weighted by Gasteiger charge is 2.08. The summed E-state index contributed by atoms with van der Waals surface area (Å²) in [5, 5.41) is 2.94. The molecule has 0 spiro atoms. The van der Waals surface area contributed by atoms with Gasteiger partial charge in [0.1, 0.15) is 0 Å². The van der Waals surface area contributed by atoms with Crippen LogP contribution in [0.1, 0.15) is 21.5 Å². The number of rotatable bonds is 3. The highest BCUT2D eigenvalue weighted by Crippen LogP contribution is 2.11. The molecule has 0 aliphatic carbocycles. The van der Waals surface area contributed by atoms with Crippen LogP contribution in [0.15, 0.2) is 48.5 Å². The summed E-state index contributed by atoms with van der Waals surface area (Å²) >= 11 is 2.17. The quantitative estimate of drug-likeness (QED) is 0.843. The Morgan fingerprint density at radius 3 is 2.67 bits per heavy atom. The lowest BCUT2D eigenvalue weighted by Crippen LogP contribution is -2.23. The van der Waals surface area contributed by atoms with Crippen LogP contribution >= 0.6 is 22.6 Å². The largest absolute Gasteiger partial charge is 0.348 e. The highest BCUT2D eigenvalue weighted by atomic mass is 127. The molecule has 0 saturated carbocycles. The van der Waals surface area contributed by atoms with Gasteiger partial charge in [0, 0.05) is 10.1 Å². The Kier molecular flexibility index (Phi) is 4.36. The zero-order chi connectivity index (χ0) is 13.0. The molecule has 0 atom stereocenters. The Morgan fingerprint density at radius 2 is 1.94 bits per heavy atom. The zero-order valence-corrected chi connectivity index (χ0v) is 12.3. The van der Waals surface area contributed by atoms with Gasteiger partial charge in [-0.15, -0.1) is 0 Å². The molecule has 0 bridgehead atoms. The average Bonchev–Trinajstić information content (AvgIpc) is 2.37. The SMILES string of the molecule is Cc1cccc(CNC(=O)c2ccccc2I)c1. The molecule has 2 rings (SSSR count). The number of amides is 1. The summed E-state index contributed by atoms with van der Waals surface area (Å²) in [4.78, 5) is 12.0. The molecule has 2 aromatic rings. The van der Waals surface area contributed by atoms with Gasteiger partial charge in [-0.3, -0.25) is 4.79 Å². The molecule has 0 saturated heterocycles. The van der Waals surface area contributed by atoms with E-state index < -0.39 is 0 Å². The van der Waals surface area contributed by atoms with Crippen LogP contribution in [-0.4, -0.2) is 5.91 Å². The van der Waals surface area contributed by atoms with Gasteiger partial charge in [-0.1, -0.05) is 42.0 Å². The van der Waals surface area contributed by atoms with Crippen molar-refractivity contribution in [2.24, 2.45) is 0 Å². The van der Waals surface area contributed by atoms with E-state index in [2.05, 4.69) is 34.0 Å². The molecule has 1 amide bonds. The summed E-state index contributed by atoms with van der Waals surface area (Å²) in [6.45, 7) is 2.61. The van der Waals surface area contributed by atoms with Crippen LogP contribution in [0, 0.1) is 10.5 Å². The lowest BCUT2D eigenvalue weighted by Gasteiger charge is -2.07. The van der Waals surface area contributed by atoms with E-state index in [1.54, 1.807) is 0 Å². The number of aryl methyl sites for hydroxylation is 1. The molecule has 2 aromatic carbocycles. The van der Waals surface area contributed by atoms with E-state index in [1.165, 1.54) is 5.56 Å². The van der Waals surface area contributed by atoms with Crippen LogP contribution in [0.2, 0.25) is 0 Å². The summed E-state index contributed by atoms with van der Waals surface area (Å²) in [5.74, 6) is -0.0264. The average molecular weight is 351 g/mol. The summed E-state index contributed by atoms with van der Waals surface area (Å²) in [5.41, 5.74) is 3.05. The van der Waals surface area contributed by atoms with E-state index in [1.807, 2.05) is 49.4 Å². The maximum absolute atomic E-state index is 12.0. The number of carbonyl (C=O) groups excluding carboxylic acids is 1. The number of carbonyl (C=O) groups is 1. The normalized spacial score (nSPS) is 10.1. The first-order valence-electron chi connectivity index (χ1n) is 5.75. The van der Waals surface area contributed by atoms with Crippen molar-refractivity contribution in [2.45, 2.75) is 13.5 Å². The van der Waals surface area contributed by atoms with E-state index in [0.29, 0.717) is 6.54 Å². The second-order valence-corrected chi connectivity index (χ2v) is 5.31. The summed E-state index contributed by atoms with van der Waals surface area (Å²) in [6, 6.07) is 15.7. The van der Waals surface area contributed by atoms with Gasteiger partial charge in [-0.2, -0.15) is 0 Å². The standard InChI is InChI=1S/C15H14INO/c1-11-5-4-6-12(9-11)10-17-15(18)13-7-2-3-8-14(13)16/h2-9H,10H2,1H3,(H,17,18). The summed E-state index contributed by atoms with van der Waals surface area (Å²) in [7, 11) is 0. The van der Waals surface area contributed by atoms with E-state index >= 15 is 0 Å². The molecule has 0 aromatic heterocycles. The molecule has 18 heavy (non-hydrogen) atoms. The fourth-order valence-electron chi connectivity index (χ4n) is 1.75. The molecule has 0 aliphatic heterocycles. The monoisotopic (exact) mass is 351 g/mol. The Labute approximate surface area is 121 Å². The van der Waals surface area contributed by atoms with Crippen molar-refractivity contribution in [3.05, 3.63) is 68.8 Å². The maximum Gasteiger partial charge on any atom is 0.252 e. The van der Waals surface area contributed by atoms with Gasteiger partial charge >= 0.3 is 0 Å². The molecule has 0 heterocycles. The number of hydrogen-bond acceptors (Lipinski definition) is 1. The third-order valence-corrected chi connectivity index (χ3v) is 3.59. The first kappa shape index (κ1) is 13.1. The minimum atomic E-state index is -0.0264. The highest BCUT2D eigenvalue weighted by molar-refractivity contribution is 14.1. The Balaban J connectivity index is 2.03. The molecule has 1 N–H and O–H groups in total. The molecule has 0 aliphatic rings. The second kappa shape index (κ2) is 6.00. The van der Waals surface area contributed by atoms with Gasteiger partial charge in [0.05, 0.1) is 5.56 Å². The third-order valence-electron chi connectivity index (χ3n) is 2.65. The van der Waals surface area contributed by atoms with Crippen LogP contribution in [0.25, 0.3) is 0 Å². The fourth-order valence-corrected chi connectivity index (χ4v) is 2.38. The van der Waals surface area contributed by atoms with E-state index in [4.69, 9.17) is 0 Å². The smallest absolute Gasteiger partial charge is 0.252 e. The van der Waals surface area contributed by atoms with Crippen molar-refractivity contribution in [1.82, 2.24) is 5.32 Å². The fraction of sp³-hybridized carbons (Fsp3) is 0.133. The lowest BCUT2D eigenvalue weighted by molar-refractivity contribution is 0.0950. The van der Waals surface area contributed by atoms with E-state index in [-0.39, 0.29) is 5.91 Å². The number of hydrogen-bond donors (Lipinski definition) is 1. The van der Waals surface area contributed by atoms with Gasteiger partial charge in [0.15, 0.2) is 0 Å². The van der Waals surface area contributed by atoms with Gasteiger partial charge in [0.2, 0.25) is 0 Å². The third kappa shape index (κ3) is 3.32. The second-order valence-electron chi connectivity index (χ2n) is 4.15. The summed E-state index contributed by atoms with van der Waals surface area (Å²) < 4.78 is 0.969. The molecule has 2 nitrogen and oxygen atoms in total. The van der Waals surface area contributed by atoms with Crippen LogP contribution in [0.4, 0.5) is 0 Å². The van der Waals surface area contributed by atoms with E-state index in [9.17, 15) is 4.79 Å². The van der Waals surface area contributed by atoms with Gasteiger partial charge < -0.3 is 5.32 Å².